The average Bonchev–Trinajstić information content (AvgIpc) is 3.08. The van der Waals surface area contributed by atoms with E-state index in [0.717, 1.165) is 11.0 Å². The second-order valence-corrected chi connectivity index (χ2v) is 4.94. The van der Waals surface area contributed by atoms with Gasteiger partial charge in [0, 0.05) is 6.20 Å². The largest absolute Gasteiger partial charge is 0.509 e. The summed E-state index contributed by atoms with van der Waals surface area (Å²) in [6.45, 7) is 0.184. The lowest BCUT2D eigenvalue weighted by atomic mass is 10.2. The van der Waals surface area contributed by atoms with Crippen molar-refractivity contribution in [3.05, 3.63) is 54.2 Å². The van der Waals surface area contributed by atoms with Gasteiger partial charge < -0.3 is 15.0 Å². The van der Waals surface area contributed by atoms with E-state index in [2.05, 4.69) is 20.2 Å². The number of benzene rings is 1. The number of fused-ring (bicyclic) bond motifs is 1. The predicted molar refractivity (Wildman–Crippen MR) is 82.7 cm³/mol. The van der Waals surface area contributed by atoms with Crippen LogP contribution in [0.5, 0.6) is 0 Å². The third-order valence-corrected chi connectivity index (χ3v) is 3.56. The summed E-state index contributed by atoms with van der Waals surface area (Å²) in [4.78, 5) is 9.17. The highest BCUT2D eigenvalue weighted by atomic mass is 16.3. The SMILES string of the molecule is N=C1C(c2nc3ccccc3[nH]2)=C(O)CN1c1cccnn1. The second-order valence-electron chi connectivity index (χ2n) is 4.94. The molecule has 7 heteroatoms. The fraction of sp³-hybridized carbons (Fsp3) is 0.0667. The molecule has 0 bridgehead atoms. The summed E-state index contributed by atoms with van der Waals surface area (Å²) < 4.78 is 0. The van der Waals surface area contributed by atoms with Crippen LogP contribution in [0.25, 0.3) is 16.6 Å². The zero-order chi connectivity index (χ0) is 15.1. The first kappa shape index (κ1) is 12.5. The maximum Gasteiger partial charge on any atom is 0.157 e. The number of rotatable bonds is 2. The molecule has 1 aliphatic rings. The summed E-state index contributed by atoms with van der Waals surface area (Å²) in [5.41, 5.74) is 2.05. The van der Waals surface area contributed by atoms with Gasteiger partial charge in [-0.25, -0.2) is 4.98 Å². The predicted octanol–water partition coefficient (Wildman–Crippen LogP) is 2.12. The molecule has 7 nitrogen and oxygen atoms in total. The second kappa shape index (κ2) is 4.66. The van der Waals surface area contributed by atoms with Crippen LogP contribution in [-0.4, -0.2) is 37.7 Å². The molecule has 22 heavy (non-hydrogen) atoms. The number of para-hydroxylation sites is 2. The summed E-state index contributed by atoms with van der Waals surface area (Å²) in [6.07, 6.45) is 1.57. The van der Waals surface area contributed by atoms with E-state index in [1.54, 1.807) is 23.2 Å². The van der Waals surface area contributed by atoms with Crippen molar-refractivity contribution in [3.8, 4) is 0 Å². The minimum absolute atomic E-state index is 0.0923. The summed E-state index contributed by atoms with van der Waals surface area (Å²) in [5, 5.41) is 26.4. The summed E-state index contributed by atoms with van der Waals surface area (Å²) in [7, 11) is 0. The maximum atomic E-state index is 10.3. The Bertz CT molecular complexity index is 866. The quantitative estimate of drug-likeness (QED) is 0.671. The molecule has 0 amide bonds. The van der Waals surface area contributed by atoms with Gasteiger partial charge in [-0.3, -0.25) is 5.41 Å². The van der Waals surface area contributed by atoms with E-state index >= 15 is 0 Å². The molecule has 4 rings (SSSR count). The minimum atomic E-state index is 0.0923. The first-order chi connectivity index (χ1) is 10.7. The van der Waals surface area contributed by atoms with Gasteiger partial charge in [-0.05, 0) is 24.3 Å². The Balaban J connectivity index is 1.75. The standard InChI is InChI=1S/C15H12N6O/c16-14-13(15-18-9-4-1-2-5-10(9)19-15)11(22)8-21(14)12-6-3-7-17-20-12/h1-7,16,22H,8H2,(H,18,19). The molecule has 0 atom stereocenters. The number of H-pyrrole nitrogens is 1. The molecule has 108 valence electrons. The van der Waals surface area contributed by atoms with Crippen molar-refractivity contribution >= 4 is 28.3 Å². The van der Waals surface area contributed by atoms with Gasteiger partial charge >= 0.3 is 0 Å². The number of aromatic nitrogens is 4. The fourth-order valence-corrected chi connectivity index (χ4v) is 2.53. The van der Waals surface area contributed by atoms with Gasteiger partial charge in [0.25, 0.3) is 0 Å². The molecule has 1 aliphatic heterocycles. The van der Waals surface area contributed by atoms with Crippen molar-refractivity contribution in [3.63, 3.8) is 0 Å². The van der Waals surface area contributed by atoms with Crippen LogP contribution in [0.2, 0.25) is 0 Å². The lowest BCUT2D eigenvalue weighted by Crippen LogP contribution is -2.27. The molecule has 0 saturated carbocycles. The van der Waals surface area contributed by atoms with E-state index in [0.29, 0.717) is 17.2 Å². The molecule has 3 heterocycles. The monoisotopic (exact) mass is 292 g/mol. The highest BCUT2D eigenvalue weighted by Gasteiger charge is 2.32. The van der Waals surface area contributed by atoms with Gasteiger partial charge in [0.1, 0.15) is 17.4 Å². The molecule has 3 aromatic rings. The number of aliphatic hydroxyl groups excluding tert-OH is 1. The van der Waals surface area contributed by atoms with Crippen molar-refractivity contribution in [2.45, 2.75) is 0 Å². The molecule has 0 unspecified atom stereocenters. The van der Waals surface area contributed by atoms with Gasteiger partial charge in [0.05, 0.1) is 23.2 Å². The maximum absolute atomic E-state index is 10.3. The number of imidazole rings is 1. The summed E-state index contributed by atoms with van der Waals surface area (Å²) in [5.74, 6) is 1.24. The third kappa shape index (κ3) is 1.83. The van der Waals surface area contributed by atoms with Gasteiger partial charge in [-0.1, -0.05) is 12.1 Å². The van der Waals surface area contributed by atoms with Crippen molar-refractivity contribution in [1.82, 2.24) is 20.2 Å². The number of nitrogens with zero attached hydrogens (tertiary/aromatic N) is 4. The number of nitrogens with one attached hydrogen (secondary N) is 2. The van der Waals surface area contributed by atoms with Crippen LogP contribution in [-0.2, 0) is 0 Å². The van der Waals surface area contributed by atoms with Crippen LogP contribution in [0.3, 0.4) is 0 Å². The van der Waals surface area contributed by atoms with Crippen LogP contribution in [0, 0.1) is 5.41 Å². The van der Waals surface area contributed by atoms with E-state index in [9.17, 15) is 5.11 Å². The highest BCUT2D eigenvalue weighted by Crippen LogP contribution is 2.29. The molecule has 3 N–H and O–H groups in total. The Labute approximate surface area is 125 Å². The topological polar surface area (TPSA) is 102 Å². The number of anilines is 1. The van der Waals surface area contributed by atoms with Crippen molar-refractivity contribution in [2.24, 2.45) is 0 Å². The first-order valence-corrected chi connectivity index (χ1v) is 6.75. The van der Waals surface area contributed by atoms with Gasteiger partial charge in [-0.15, -0.1) is 5.10 Å². The fourth-order valence-electron chi connectivity index (χ4n) is 2.53. The van der Waals surface area contributed by atoms with Crippen molar-refractivity contribution < 1.29 is 5.11 Å². The van der Waals surface area contributed by atoms with Crippen LogP contribution in [0.15, 0.2) is 48.4 Å². The van der Waals surface area contributed by atoms with E-state index in [-0.39, 0.29) is 18.1 Å². The molecule has 0 saturated heterocycles. The summed E-state index contributed by atoms with van der Waals surface area (Å²) >= 11 is 0. The van der Waals surface area contributed by atoms with E-state index in [1.807, 2.05) is 24.3 Å². The first-order valence-electron chi connectivity index (χ1n) is 6.75. The lowest BCUT2D eigenvalue weighted by Gasteiger charge is -2.15. The van der Waals surface area contributed by atoms with Gasteiger partial charge in [0.2, 0.25) is 0 Å². The van der Waals surface area contributed by atoms with E-state index in [4.69, 9.17) is 5.41 Å². The zero-order valence-corrected chi connectivity index (χ0v) is 11.5. The molecule has 0 radical (unpaired) electrons. The summed E-state index contributed by atoms with van der Waals surface area (Å²) in [6, 6.07) is 11.1. The Hall–Kier alpha value is -3.22. The number of aromatic amines is 1. The number of amidine groups is 1. The lowest BCUT2D eigenvalue weighted by molar-refractivity contribution is 0.411. The molecule has 0 fully saturated rings. The van der Waals surface area contributed by atoms with Crippen LogP contribution in [0.1, 0.15) is 5.82 Å². The van der Waals surface area contributed by atoms with Crippen LogP contribution >= 0.6 is 0 Å². The van der Waals surface area contributed by atoms with E-state index < -0.39 is 0 Å². The molecule has 0 aliphatic carbocycles. The molecule has 2 aromatic heterocycles. The average molecular weight is 292 g/mol. The Morgan fingerprint density at radius 3 is 2.82 bits per heavy atom. The normalized spacial score (nSPS) is 15.1. The van der Waals surface area contributed by atoms with Gasteiger partial charge in [-0.2, -0.15) is 5.10 Å². The molecular weight excluding hydrogens is 280 g/mol. The van der Waals surface area contributed by atoms with Crippen molar-refractivity contribution in [2.75, 3.05) is 11.4 Å². The van der Waals surface area contributed by atoms with E-state index in [1.165, 1.54) is 0 Å². The number of hydrogen-bond acceptors (Lipinski definition) is 5. The highest BCUT2D eigenvalue weighted by molar-refractivity contribution is 6.30. The van der Waals surface area contributed by atoms with Crippen LogP contribution in [0.4, 0.5) is 5.82 Å². The third-order valence-electron chi connectivity index (χ3n) is 3.56. The molecule has 0 spiro atoms. The Morgan fingerprint density at radius 1 is 1.18 bits per heavy atom. The van der Waals surface area contributed by atoms with Crippen LogP contribution < -0.4 is 4.90 Å². The zero-order valence-electron chi connectivity index (χ0n) is 11.5. The Kier molecular flexibility index (Phi) is 2.65. The number of aliphatic hydroxyl groups is 1. The smallest absolute Gasteiger partial charge is 0.157 e. The Morgan fingerprint density at radius 2 is 2.05 bits per heavy atom. The van der Waals surface area contributed by atoms with Crippen molar-refractivity contribution in [1.29, 1.82) is 5.41 Å². The van der Waals surface area contributed by atoms with Gasteiger partial charge in [0.15, 0.2) is 5.82 Å². The minimum Gasteiger partial charge on any atom is -0.509 e. The molecule has 1 aromatic carbocycles. The molecular formula is C15H12N6O. The number of hydrogen-bond donors (Lipinski definition) is 3.